The highest BCUT2D eigenvalue weighted by Gasteiger charge is 2.26. The van der Waals surface area contributed by atoms with Crippen molar-refractivity contribution in [2.75, 3.05) is 39.6 Å². The normalized spacial score (nSPS) is 23.0. The van der Waals surface area contributed by atoms with Gasteiger partial charge >= 0.3 is 11.9 Å². The molecule has 0 radical (unpaired) electrons. The first-order valence-electron chi connectivity index (χ1n) is 13.1. The molecule has 0 saturated carbocycles. The van der Waals surface area contributed by atoms with Gasteiger partial charge in [-0.2, -0.15) is 0 Å². The monoisotopic (exact) mass is 540 g/mol. The number of hydrogen-bond donors (Lipinski definition) is 0. The lowest BCUT2D eigenvalue weighted by atomic mass is 10.1. The van der Waals surface area contributed by atoms with Gasteiger partial charge in [-0.05, 0) is 0 Å². The Hall–Kier alpha value is -3.44. The Morgan fingerprint density at radius 3 is 1.41 bits per heavy atom. The third-order valence-electron chi connectivity index (χ3n) is 6.40. The summed E-state index contributed by atoms with van der Waals surface area (Å²) < 4.78 is 37.6. The van der Waals surface area contributed by atoms with E-state index < -0.39 is 24.5 Å². The van der Waals surface area contributed by atoms with E-state index in [0.29, 0.717) is 26.4 Å². The van der Waals surface area contributed by atoms with Crippen molar-refractivity contribution in [3.8, 4) is 0 Å². The number of nitrogens with zero attached hydrogens (tertiary/aromatic N) is 2. The zero-order valence-corrected chi connectivity index (χ0v) is 22.0. The maximum atomic E-state index is 11.2. The second-order valence-electron chi connectivity index (χ2n) is 9.49. The van der Waals surface area contributed by atoms with E-state index in [4.69, 9.17) is 28.4 Å². The molecular formula is C29H36N2O8+2. The van der Waals surface area contributed by atoms with Crippen molar-refractivity contribution in [3.63, 3.8) is 0 Å². The molecule has 0 atom stereocenters. The van der Waals surface area contributed by atoms with Crippen LogP contribution in [-0.4, -0.2) is 51.6 Å². The fourth-order valence-corrected chi connectivity index (χ4v) is 4.17. The van der Waals surface area contributed by atoms with E-state index in [2.05, 4.69) is 22.3 Å². The predicted octanol–water partition coefficient (Wildman–Crippen LogP) is 2.13. The number of aryl methyl sites for hydroxylation is 2. The van der Waals surface area contributed by atoms with Gasteiger partial charge in [-0.25, -0.2) is 18.7 Å². The van der Waals surface area contributed by atoms with Crippen molar-refractivity contribution in [1.29, 1.82) is 0 Å². The quantitative estimate of drug-likeness (QED) is 0.230. The van der Waals surface area contributed by atoms with Gasteiger partial charge < -0.3 is 28.4 Å². The van der Waals surface area contributed by atoms with Crippen LogP contribution in [0.15, 0.2) is 74.4 Å². The highest BCUT2D eigenvalue weighted by atomic mass is 16.7. The molecule has 2 aromatic rings. The van der Waals surface area contributed by atoms with Gasteiger partial charge in [0.25, 0.3) is 0 Å². The second kappa shape index (κ2) is 14.6. The molecule has 2 saturated heterocycles. The van der Waals surface area contributed by atoms with Crippen molar-refractivity contribution in [1.82, 2.24) is 0 Å². The first kappa shape index (κ1) is 28.6. The number of rotatable bonds is 12. The molecule has 2 aromatic heterocycles. The maximum absolute atomic E-state index is 11.2. The summed E-state index contributed by atoms with van der Waals surface area (Å²) in [5, 5.41) is 0. The first-order valence-corrected chi connectivity index (χ1v) is 13.1. The Kier molecular flexibility index (Phi) is 10.7. The zero-order chi connectivity index (χ0) is 27.5. The predicted molar refractivity (Wildman–Crippen MR) is 136 cm³/mol. The Bertz CT molecular complexity index is 1000. The summed E-state index contributed by atoms with van der Waals surface area (Å²) in [4.78, 5) is 22.4. The second-order valence-corrected chi connectivity index (χ2v) is 9.49. The topological polar surface area (TPSA) is 97.3 Å². The minimum absolute atomic E-state index is 0.0148. The molecule has 4 heterocycles. The molecule has 10 heteroatoms. The van der Waals surface area contributed by atoms with Crippen molar-refractivity contribution < 1.29 is 47.1 Å². The van der Waals surface area contributed by atoms with Gasteiger partial charge in [0, 0.05) is 59.4 Å². The molecule has 0 unspecified atom stereocenters. The van der Waals surface area contributed by atoms with Crippen LogP contribution in [0.25, 0.3) is 0 Å². The molecule has 0 N–H and O–H groups in total. The van der Waals surface area contributed by atoms with E-state index in [9.17, 15) is 9.59 Å². The van der Waals surface area contributed by atoms with E-state index in [1.54, 1.807) is 0 Å². The minimum atomic E-state index is -0.440. The molecule has 2 fully saturated rings. The van der Waals surface area contributed by atoms with Crippen molar-refractivity contribution in [3.05, 3.63) is 85.5 Å². The summed E-state index contributed by atoms with van der Waals surface area (Å²) in [5.74, 6) is -0.850. The van der Waals surface area contributed by atoms with Gasteiger partial charge in [-0.3, -0.25) is 0 Å². The fourth-order valence-electron chi connectivity index (χ4n) is 4.17. The molecule has 0 spiro atoms. The van der Waals surface area contributed by atoms with Crippen LogP contribution in [0, 0.1) is 11.8 Å². The highest BCUT2D eigenvalue weighted by molar-refractivity contribution is 5.81. The lowest BCUT2D eigenvalue weighted by molar-refractivity contribution is -0.727. The van der Waals surface area contributed by atoms with Gasteiger partial charge in [-0.15, -0.1) is 0 Å². The standard InChI is InChI=1S/C29H36N2O8/c1-3-26(32)34-16-22-18-36-28(37-19-22)24-6-12-30(13-7-24)10-5-11-31-14-8-25(9-15-31)29-38-20-23(21-39-29)17-35-27(33)4-2/h3-4,6-9,12-15,22-23,28-29H,1-2,5,10-11,16-21H2/q+2. The van der Waals surface area contributed by atoms with Gasteiger partial charge in [0.1, 0.15) is 0 Å². The van der Waals surface area contributed by atoms with E-state index in [1.807, 2.05) is 49.1 Å². The number of pyridine rings is 2. The number of aromatic nitrogens is 2. The third-order valence-corrected chi connectivity index (χ3v) is 6.40. The Morgan fingerprint density at radius 1 is 0.718 bits per heavy atom. The Morgan fingerprint density at radius 2 is 1.08 bits per heavy atom. The van der Waals surface area contributed by atoms with Crippen LogP contribution in [0.5, 0.6) is 0 Å². The lowest BCUT2D eigenvalue weighted by Gasteiger charge is -2.29. The molecule has 208 valence electrons. The number of carbonyl (C=O) groups is 2. The summed E-state index contributed by atoms with van der Waals surface area (Å²) in [6.07, 6.45) is 10.5. The van der Waals surface area contributed by atoms with Gasteiger partial charge in [-0.1, -0.05) is 13.2 Å². The number of carbonyl (C=O) groups excluding carboxylic acids is 2. The van der Waals surface area contributed by atoms with Crippen LogP contribution in [0.1, 0.15) is 30.1 Å². The zero-order valence-electron chi connectivity index (χ0n) is 22.0. The molecule has 10 nitrogen and oxygen atoms in total. The number of hydrogen-bond acceptors (Lipinski definition) is 8. The maximum Gasteiger partial charge on any atom is 0.330 e. The number of ether oxygens (including phenoxy) is 6. The van der Waals surface area contributed by atoms with E-state index in [1.165, 1.54) is 0 Å². The average Bonchev–Trinajstić information content (AvgIpc) is 3.00. The van der Waals surface area contributed by atoms with Crippen LogP contribution in [-0.2, 0) is 51.1 Å². The smallest absolute Gasteiger partial charge is 0.330 e. The van der Waals surface area contributed by atoms with Crippen LogP contribution in [0.4, 0.5) is 0 Å². The summed E-state index contributed by atoms with van der Waals surface area (Å²) in [6.45, 7) is 10.9. The molecule has 39 heavy (non-hydrogen) atoms. The van der Waals surface area contributed by atoms with Gasteiger partial charge in [0.05, 0.1) is 46.1 Å². The van der Waals surface area contributed by atoms with Crippen LogP contribution >= 0.6 is 0 Å². The van der Waals surface area contributed by atoms with Gasteiger partial charge in [0.2, 0.25) is 0 Å². The van der Waals surface area contributed by atoms with Gasteiger partial charge in [0.15, 0.2) is 50.5 Å². The molecule has 2 aliphatic heterocycles. The third kappa shape index (κ3) is 8.79. The molecule has 0 bridgehead atoms. The largest absolute Gasteiger partial charge is 0.462 e. The molecule has 0 aliphatic carbocycles. The first-order chi connectivity index (χ1) is 19.0. The summed E-state index contributed by atoms with van der Waals surface area (Å²) in [5.41, 5.74) is 1.91. The Labute approximate surface area is 228 Å². The van der Waals surface area contributed by atoms with Crippen molar-refractivity contribution >= 4 is 11.9 Å². The van der Waals surface area contributed by atoms with Crippen LogP contribution in [0.2, 0.25) is 0 Å². The van der Waals surface area contributed by atoms with E-state index in [-0.39, 0.29) is 25.0 Å². The lowest BCUT2D eigenvalue weighted by Crippen LogP contribution is -2.39. The summed E-state index contributed by atoms with van der Waals surface area (Å²) >= 11 is 0. The Balaban J connectivity index is 1.14. The number of esters is 2. The SMILES string of the molecule is C=CC(=O)OCC1COC(c2cc[n+](CCC[n+]3ccc(C4OCC(COC(=O)C=C)CO4)cc3)cc2)OC1. The fraction of sp³-hybridized carbons (Fsp3) is 0.448. The van der Waals surface area contributed by atoms with Crippen LogP contribution < -0.4 is 9.13 Å². The summed E-state index contributed by atoms with van der Waals surface area (Å²) in [6, 6.07) is 8.01. The van der Waals surface area contributed by atoms with E-state index >= 15 is 0 Å². The van der Waals surface area contributed by atoms with Crippen molar-refractivity contribution in [2.45, 2.75) is 32.1 Å². The average molecular weight is 541 g/mol. The molecular weight excluding hydrogens is 504 g/mol. The van der Waals surface area contributed by atoms with E-state index in [0.717, 1.165) is 42.8 Å². The minimum Gasteiger partial charge on any atom is -0.462 e. The highest BCUT2D eigenvalue weighted by Crippen LogP contribution is 2.25. The molecule has 4 rings (SSSR count). The molecule has 2 aliphatic rings. The van der Waals surface area contributed by atoms with Crippen molar-refractivity contribution in [2.24, 2.45) is 11.8 Å². The van der Waals surface area contributed by atoms with Crippen LogP contribution in [0.3, 0.4) is 0 Å². The molecule has 0 amide bonds. The summed E-state index contributed by atoms with van der Waals surface area (Å²) in [7, 11) is 0. The molecule has 0 aromatic carbocycles.